The van der Waals surface area contributed by atoms with E-state index in [1.807, 2.05) is 6.08 Å². The molecule has 2 amide bonds. The summed E-state index contributed by atoms with van der Waals surface area (Å²) in [6.07, 6.45) is 1.62. The van der Waals surface area contributed by atoms with Crippen molar-refractivity contribution in [1.29, 1.82) is 0 Å². The fraction of sp³-hybridized carbons (Fsp3) is 0.381. The Hall–Kier alpha value is -2.53. The highest BCUT2D eigenvalue weighted by Gasteiger charge is 2.36. The summed E-state index contributed by atoms with van der Waals surface area (Å²) in [4.78, 5) is 27.5. The summed E-state index contributed by atoms with van der Waals surface area (Å²) in [5.74, 6) is -0.309. The van der Waals surface area contributed by atoms with Gasteiger partial charge in [-0.15, -0.1) is 0 Å². The van der Waals surface area contributed by atoms with Crippen LogP contribution < -0.4 is 15.1 Å². The summed E-state index contributed by atoms with van der Waals surface area (Å²) in [6, 6.07) is 6.04. The van der Waals surface area contributed by atoms with Gasteiger partial charge in [0.05, 0.1) is 18.8 Å². The van der Waals surface area contributed by atoms with Crippen LogP contribution in [0.4, 0.5) is 25.5 Å². The summed E-state index contributed by atoms with van der Waals surface area (Å²) in [6.45, 7) is 0.909. The zero-order chi connectivity index (χ0) is 24.3. The van der Waals surface area contributed by atoms with Crippen molar-refractivity contribution in [1.82, 2.24) is 10.5 Å². The van der Waals surface area contributed by atoms with E-state index in [-0.39, 0.29) is 18.9 Å². The van der Waals surface area contributed by atoms with Crippen molar-refractivity contribution in [3.05, 3.63) is 48.0 Å². The number of benzene rings is 1. The fourth-order valence-corrected chi connectivity index (χ4v) is 3.82. The highest BCUT2D eigenvalue weighted by molar-refractivity contribution is 6.67. The third-order valence-electron chi connectivity index (χ3n) is 5.21. The lowest BCUT2D eigenvalue weighted by atomic mass is 9.99. The molecule has 1 saturated heterocycles. The fourth-order valence-electron chi connectivity index (χ4n) is 3.66. The molecule has 2 aliphatic heterocycles. The molecular formula is C21H20Cl3FN4O5. The molecule has 1 atom stereocenters. The first-order chi connectivity index (χ1) is 16.2. The van der Waals surface area contributed by atoms with Crippen LogP contribution in [-0.2, 0) is 9.47 Å². The molecule has 3 heterocycles. The van der Waals surface area contributed by atoms with E-state index in [2.05, 4.69) is 10.5 Å². The minimum absolute atomic E-state index is 0.0658. The molecule has 9 nitrogen and oxygen atoms in total. The van der Waals surface area contributed by atoms with E-state index in [9.17, 15) is 14.0 Å². The highest BCUT2D eigenvalue weighted by Crippen LogP contribution is 2.30. The molecule has 0 radical (unpaired) electrons. The second-order valence-corrected chi connectivity index (χ2v) is 10.1. The number of nitrogens with zero attached hydrogens (tertiary/aromatic N) is 3. The molecule has 1 aromatic heterocycles. The molecule has 182 valence electrons. The summed E-state index contributed by atoms with van der Waals surface area (Å²) in [5, 5.41) is 6.91. The van der Waals surface area contributed by atoms with E-state index < -0.39 is 34.5 Å². The van der Waals surface area contributed by atoms with Crippen molar-refractivity contribution in [2.45, 2.75) is 16.3 Å². The van der Waals surface area contributed by atoms with Gasteiger partial charge < -0.3 is 19.3 Å². The first-order valence-electron chi connectivity index (χ1n) is 10.3. The van der Waals surface area contributed by atoms with E-state index in [1.54, 1.807) is 12.1 Å². The second-order valence-electron chi connectivity index (χ2n) is 7.60. The van der Waals surface area contributed by atoms with Gasteiger partial charge in [-0.05, 0) is 36.7 Å². The number of carbonyl (C=O) groups is 2. The molecule has 0 bridgehead atoms. The number of aromatic nitrogens is 1. The highest BCUT2D eigenvalue weighted by atomic mass is 35.6. The SMILES string of the molecule is O=C1OC(CN(C(=O)OCC(Cl)(Cl)Cl)c2ccon2)CN1c1ccc(C2=CCNCC2)c(F)c1. The number of hydrogen-bond acceptors (Lipinski definition) is 7. The predicted octanol–water partition coefficient (Wildman–Crippen LogP) is 4.53. The maximum atomic E-state index is 14.8. The molecule has 1 unspecified atom stereocenters. The van der Waals surface area contributed by atoms with E-state index >= 15 is 0 Å². The Kier molecular flexibility index (Phi) is 7.51. The van der Waals surface area contributed by atoms with Gasteiger partial charge in [0.1, 0.15) is 24.8 Å². The topological polar surface area (TPSA) is 97.1 Å². The van der Waals surface area contributed by atoms with Gasteiger partial charge in [-0.2, -0.15) is 0 Å². The van der Waals surface area contributed by atoms with E-state index in [0.29, 0.717) is 17.8 Å². The van der Waals surface area contributed by atoms with Crippen LogP contribution in [0.3, 0.4) is 0 Å². The van der Waals surface area contributed by atoms with Gasteiger partial charge in [0, 0.05) is 18.2 Å². The van der Waals surface area contributed by atoms with Crippen molar-refractivity contribution in [3.8, 4) is 0 Å². The maximum Gasteiger partial charge on any atom is 0.415 e. The minimum Gasteiger partial charge on any atom is -0.445 e. The molecule has 0 spiro atoms. The van der Waals surface area contributed by atoms with Crippen molar-refractivity contribution in [3.63, 3.8) is 0 Å². The zero-order valence-corrected chi connectivity index (χ0v) is 19.9. The van der Waals surface area contributed by atoms with Gasteiger partial charge in [-0.3, -0.25) is 9.80 Å². The van der Waals surface area contributed by atoms with Gasteiger partial charge in [0.25, 0.3) is 0 Å². The van der Waals surface area contributed by atoms with Crippen LogP contribution >= 0.6 is 34.8 Å². The molecule has 2 aliphatic rings. The molecule has 1 N–H and O–H groups in total. The van der Waals surface area contributed by atoms with Crippen molar-refractivity contribution in [2.24, 2.45) is 0 Å². The summed E-state index contributed by atoms with van der Waals surface area (Å²) < 4.78 is 28.2. The Balaban J connectivity index is 1.46. The quantitative estimate of drug-likeness (QED) is 0.545. The van der Waals surface area contributed by atoms with Crippen LogP contribution in [-0.4, -0.2) is 60.0 Å². The average Bonchev–Trinajstić information content (AvgIpc) is 3.45. The number of nitrogens with one attached hydrogen (secondary N) is 1. The number of halogens is 4. The number of rotatable bonds is 6. The van der Waals surface area contributed by atoms with Crippen LogP contribution in [0.15, 0.2) is 41.1 Å². The molecule has 1 fully saturated rings. The monoisotopic (exact) mass is 532 g/mol. The molecule has 4 rings (SSSR count). The lowest BCUT2D eigenvalue weighted by Gasteiger charge is -2.22. The van der Waals surface area contributed by atoms with Crippen LogP contribution in [0.1, 0.15) is 12.0 Å². The van der Waals surface area contributed by atoms with Crippen LogP contribution in [0, 0.1) is 5.82 Å². The van der Waals surface area contributed by atoms with Gasteiger partial charge in [-0.25, -0.2) is 14.0 Å². The van der Waals surface area contributed by atoms with E-state index in [0.717, 1.165) is 23.4 Å². The lowest BCUT2D eigenvalue weighted by Crippen LogP contribution is -2.40. The number of ether oxygens (including phenoxy) is 2. The number of amides is 2. The predicted molar refractivity (Wildman–Crippen MR) is 125 cm³/mol. The standard InChI is InChI=1S/C21H20Cl3FN4O5/c22-21(23,24)12-32-19(30)29(18-5-8-33-27-18)11-15-10-28(20(31)34-15)14-1-2-16(17(25)9-14)13-3-6-26-7-4-13/h1-3,5,8-9,15,26H,4,6-7,10-12H2. The normalized spacial score (nSPS) is 18.5. The third-order valence-corrected chi connectivity index (χ3v) is 5.54. The van der Waals surface area contributed by atoms with Crippen LogP contribution in [0.2, 0.25) is 0 Å². The Morgan fingerprint density at radius 3 is 2.82 bits per heavy atom. The molecule has 0 saturated carbocycles. The maximum absolute atomic E-state index is 14.8. The van der Waals surface area contributed by atoms with Crippen molar-refractivity contribution in [2.75, 3.05) is 42.6 Å². The largest absolute Gasteiger partial charge is 0.445 e. The zero-order valence-electron chi connectivity index (χ0n) is 17.7. The smallest absolute Gasteiger partial charge is 0.415 e. The van der Waals surface area contributed by atoms with Crippen LogP contribution in [0.5, 0.6) is 0 Å². The first-order valence-corrected chi connectivity index (χ1v) is 11.4. The van der Waals surface area contributed by atoms with Crippen LogP contribution in [0.25, 0.3) is 5.57 Å². The lowest BCUT2D eigenvalue weighted by molar-refractivity contribution is 0.133. The molecule has 2 aromatic rings. The second kappa shape index (κ2) is 10.4. The molecule has 0 aliphatic carbocycles. The Morgan fingerprint density at radius 1 is 1.35 bits per heavy atom. The Labute approximate surface area is 209 Å². The Bertz CT molecular complexity index is 1080. The molecule has 13 heteroatoms. The van der Waals surface area contributed by atoms with E-state index in [4.69, 9.17) is 48.8 Å². The van der Waals surface area contributed by atoms with Gasteiger partial charge in [0.2, 0.25) is 3.79 Å². The summed E-state index contributed by atoms with van der Waals surface area (Å²) in [7, 11) is 0. The van der Waals surface area contributed by atoms with Gasteiger partial charge >= 0.3 is 12.2 Å². The number of hydrogen-bond donors (Lipinski definition) is 1. The third kappa shape index (κ3) is 5.93. The molecule has 34 heavy (non-hydrogen) atoms. The van der Waals surface area contributed by atoms with E-state index in [1.165, 1.54) is 23.3 Å². The minimum atomic E-state index is -1.80. The number of anilines is 2. The number of alkyl halides is 3. The average molecular weight is 534 g/mol. The Morgan fingerprint density at radius 2 is 2.18 bits per heavy atom. The summed E-state index contributed by atoms with van der Waals surface area (Å²) in [5.41, 5.74) is 1.76. The molecule has 1 aromatic carbocycles. The first kappa shape index (κ1) is 24.6. The number of carbonyl (C=O) groups excluding carboxylic acids is 2. The number of cyclic esters (lactones) is 1. The van der Waals surface area contributed by atoms with Gasteiger partial charge in [0.15, 0.2) is 5.82 Å². The molecular weight excluding hydrogens is 514 g/mol. The summed E-state index contributed by atoms with van der Waals surface area (Å²) >= 11 is 16.9. The van der Waals surface area contributed by atoms with Gasteiger partial charge in [-0.1, -0.05) is 46.0 Å². The van der Waals surface area contributed by atoms with Crippen molar-refractivity contribution >= 4 is 64.1 Å². The van der Waals surface area contributed by atoms with Crippen molar-refractivity contribution < 1.29 is 28.0 Å².